The molecule has 1 fully saturated rings. The molecule has 1 unspecified atom stereocenters. The van der Waals surface area contributed by atoms with Crippen molar-refractivity contribution in [2.75, 3.05) is 11.4 Å². The summed E-state index contributed by atoms with van der Waals surface area (Å²) >= 11 is 6.91. The van der Waals surface area contributed by atoms with Crippen LogP contribution in [0.25, 0.3) is 0 Å². The van der Waals surface area contributed by atoms with E-state index in [1.165, 1.54) is 0 Å². The molecule has 2 N–H and O–H groups in total. The Labute approximate surface area is 105 Å². The lowest BCUT2D eigenvalue weighted by Gasteiger charge is -2.37. The Bertz CT molecular complexity index is 410. The summed E-state index contributed by atoms with van der Waals surface area (Å²) in [6.45, 7) is 2.59. The molecule has 1 heterocycles. The van der Waals surface area contributed by atoms with Gasteiger partial charge in [-0.1, -0.05) is 0 Å². The molecule has 0 aliphatic carbocycles. The third-order valence-corrected chi connectivity index (χ3v) is 3.60. The third kappa shape index (κ3) is 1.84. The zero-order valence-corrected chi connectivity index (χ0v) is 11.3. The van der Waals surface area contributed by atoms with Crippen molar-refractivity contribution in [3.8, 4) is 0 Å². The number of halogens is 2. The first-order valence-corrected chi connectivity index (χ1v) is 6.12. The van der Waals surface area contributed by atoms with Crippen LogP contribution in [0.5, 0.6) is 0 Å². The van der Waals surface area contributed by atoms with Crippen molar-refractivity contribution in [2.45, 2.75) is 13.0 Å². The highest BCUT2D eigenvalue weighted by Gasteiger charge is 2.36. The van der Waals surface area contributed by atoms with Gasteiger partial charge >= 0.3 is 0 Å². The van der Waals surface area contributed by atoms with Gasteiger partial charge in [-0.25, -0.2) is 0 Å². The topological polar surface area (TPSA) is 46.3 Å². The van der Waals surface area contributed by atoms with E-state index in [1.54, 1.807) is 4.90 Å². The molecular weight excluding hydrogens is 324 g/mol. The molecule has 1 aromatic carbocycles. The van der Waals surface area contributed by atoms with Crippen LogP contribution in [-0.2, 0) is 4.79 Å². The van der Waals surface area contributed by atoms with Gasteiger partial charge < -0.3 is 10.6 Å². The smallest absolute Gasteiger partial charge is 0.245 e. The molecule has 1 aliphatic heterocycles. The fraction of sp³-hybridized carbons (Fsp3) is 0.300. The van der Waals surface area contributed by atoms with E-state index in [2.05, 4.69) is 31.9 Å². The zero-order valence-electron chi connectivity index (χ0n) is 8.13. The van der Waals surface area contributed by atoms with Gasteiger partial charge in [-0.15, -0.1) is 0 Å². The molecule has 3 nitrogen and oxygen atoms in total. The van der Waals surface area contributed by atoms with Gasteiger partial charge in [0.25, 0.3) is 0 Å². The predicted octanol–water partition coefficient (Wildman–Crippen LogP) is 2.19. The van der Waals surface area contributed by atoms with Gasteiger partial charge in [0.15, 0.2) is 0 Å². The van der Waals surface area contributed by atoms with Crippen LogP contribution in [0.4, 0.5) is 5.69 Å². The Morgan fingerprint density at radius 3 is 2.33 bits per heavy atom. The van der Waals surface area contributed by atoms with Crippen LogP contribution in [0.15, 0.2) is 21.1 Å². The summed E-state index contributed by atoms with van der Waals surface area (Å²) in [5.74, 6) is -0.0275. The first-order chi connectivity index (χ1) is 7.00. The lowest BCUT2D eigenvalue weighted by Crippen LogP contribution is -2.61. The van der Waals surface area contributed by atoms with Crippen molar-refractivity contribution in [1.82, 2.24) is 0 Å². The van der Waals surface area contributed by atoms with Crippen molar-refractivity contribution in [3.63, 3.8) is 0 Å². The second-order valence-electron chi connectivity index (χ2n) is 3.63. The number of nitrogens with two attached hydrogens (primary N) is 1. The van der Waals surface area contributed by atoms with Crippen LogP contribution < -0.4 is 10.6 Å². The first-order valence-electron chi connectivity index (χ1n) is 4.53. The summed E-state index contributed by atoms with van der Waals surface area (Å²) < 4.78 is 1.82. The zero-order chi connectivity index (χ0) is 11.2. The van der Waals surface area contributed by atoms with E-state index in [-0.39, 0.29) is 11.9 Å². The molecular formula is C10H10Br2N2O. The molecule has 1 atom stereocenters. The summed E-state index contributed by atoms with van der Waals surface area (Å²) in [5.41, 5.74) is 7.56. The van der Waals surface area contributed by atoms with Crippen molar-refractivity contribution in [1.29, 1.82) is 0 Å². The van der Waals surface area contributed by atoms with E-state index >= 15 is 0 Å². The summed E-state index contributed by atoms with van der Waals surface area (Å²) in [7, 11) is 0. The van der Waals surface area contributed by atoms with E-state index < -0.39 is 0 Å². The number of aryl methyl sites for hydroxylation is 1. The van der Waals surface area contributed by atoms with E-state index in [4.69, 9.17) is 5.73 Å². The van der Waals surface area contributed by atoms with Crippen LogP contribution in [-0.4, -0.2) is 18.5 Å². The van der Waals surface area contributed by atoms with E-state index in [0.29, 0.717) is 6.54 Å². The molecule has 1 saturated heterocycles. The van der Waals surface area contributed by atoms with E-state index in [0.717, 1.165) is 20.2 Å². The molecule has 0 bridgehead atoms. The van der Waals surface area contributed by atoms with Gasteiger partial charge in [0, 0.05) is 8.95 Å². The molecule has 0 aromatic heterocycles. The Morgan fingerprint density at radius 1 is 1.40 bits per heavy atom. The SMILES string of the molecule is Cc1cc(Br)c(N2CC(N)C2=O)c(Br)c1. The second kappa shape index (κ2) is 3.88. The van der Waals surface area contributed by atoms with Gasteiger partial charge in [-0.2, -0.15) is 0 Å². The fourth-order valence-corrected chi connectivity index (χ4v) is 3.45. The van der Waals surface area contributed by atoms with Crippen LogP contribution in [0.2, 0.25) is 0 Å². The highest BCUT2D eigenvalue weighted by Crippen LogP contribution is 2.37. The number of rotatable bonds is 1. The maximum atomic E-state index is 11.5. The molecule has 15 heavy (non-hydrogen) atoms. The Morgan fingerprint density at radius 2 is 1.93 bits per heavy atom. The van der Waals surface area contributed by atoms with Gasteiger partial charge in [-0.3, -0.25) is 4.79 Å². The highest BCUT2D eigenvalue weighted by molar-refractivity contribution is 9.11. The average Bonchev–Trinajstić information content (AvgIpc) is 2.15. The molecule has 2 rings (SSSR count). The second-order valence-corrected chi connectivity index (χ2v) is 5.34. The predicted molar refractivity (Wildman–Crippen MR) is 66.9 cm³/mol. The molecule has 80 valence electrons. The summed E-state index contributed by atoms with van der Waals surface area (Å²) in [5, 5.41) is 0. The largest absolute Gasteiger partial charge is 0.318 e. The Balaban J connectivity index is 2.41. The van der Waals surface area contributed by atoms with Crippen molar-refractivity contribution in [2.24, 2.45) is 5.73 Å². The van der Waals surface area contributed by atoms with Crippen LogP contribution in [0.3, 0.4) is 0 Å². The normalized spacial score (nSPS) is 20.4. The van der Waals surface area contributed by atoms with Gasteiger partial charge in [-0.05, 0) is 56.5 Å². The summed E-state index contributed by atoms with van der Waals surface area (Å²) in [4.78, 5) is 13.2. The molecule has 1 amide bonds. The first kappa shape index (κ1) is 11.1. The molecule has 0 saturated carbocycles. The van der Waals surface area contributed by atoms with E-state index in [1.807, 2.05) is 19.1 Å². The van der Waals surface area contributed by atoms with Crippen LogP contribution in [0, 0.1) is 6.92 Å². The van der Waals surface area contributed by atoms with E-state index in [9.17, 15) is 4.79 Å². The quantitative estimate of drug-likeness (QED) is 0.801. The Kier molecular flexibility index (Phi) is 2.87. The van der Waals surface area contributed by atoms with Gasteiger partial charge in [0.05, 0.1) is 12.2 Å². The number of amides is 1. The third-order valence-electron chi connectivity index (χ3n) is 2.39. The molecule has 0 spiro atoms. The minimum atomic E-state index is -0.342. The number of β-lactam (4-membered cyclic amide) rings is 1. The minimum Gasteiger partial charge on any atom is -0.318 e. The van der Waals surface area contributed by atoms with Crippen molar-refractivity contribution >= 4 is 43.5 Å². The lowest BCUT2D eigenvalue weighted by atomic mass is 10.1. The number of benzene rings is 1. The maximum Gasteiger partial charge on any atom is 0.245 e. The number of anilines is 1. The number of carbonyl (C=O) groups excluding carboxylic acids is 1. The number of carbonyl (C=O) groups is 1. The maximum absolute atomic E-state index is 11.5. The average molecular weight is 334 g/mol. The van der Waals surface area contributed by atoms with Gasteiger partial charge in [0.2, 0.25) is 5.91 Å². The summed E-state index contributed by atoms with van der Waals surface area (Å²) in [6, 6.07) is 3.62. The number of hydrogen-bond acceptors (Lipinski definition) is 2. The van der Waals surface area contributed by atoms with Crippen LogP contribution in [0.1, 0.15) is 5.56 Å². The molecule has 1 aliphatic rings. The number of nitrogens with zero attached hydrogens (tertiary/aromatic N) is 1. The minimum absolute atomic E-state index is 0.0275. The monoisotopic (exact) mass is 332 g/mol. The Hall–Kier alpha value is -0.390. The lowest BCUT2D eigenvalue weighted by molar-refractivity contribution is -0.123. The molecule has 5 heteroatoms. The highest BCUT2D eigenvalue weighted by atomic mass is 79.9. The summed E-state index contributed by atoms with van der Waals surface area (Å²) in [6.07, 6.45) is 0. The van der Waals surface area contributed by atoms with Crippen LogP contribution >= 0.6 is 31.9 Å². The molecule has 0 radical (unpaired) electrons. The molecule has 1 aromatic rings. The van der Waals surface area contributed by atoms with Crippen molar-refractivity contribution in [3.05, 3.63) is 26.6 Å². The number of hydrogen-bond donors (Lipinski definition) is 1. The fourth-order valence-electron chi connectivity index (χ4n) is 1.60. The van der Waals surface area contributed by atoms with Crippen molar-refractivity contribution < 1.29 is 4.79 Å². The standard InChI is InChI=1S/C10H10Br2N2O/c1-5-2-6(11)9(7(12)3-5)14-4-8(13)10(14)15/h2-3,8H,4,13H2,1H3. The van der Waals surface area contributed by atoms with Gasteiger partial charge in [0.1, 0.15) is 6.04 Å².